The van der Waals surface area contributed by atoms with Gasteiger partial charge in [0.15, 0.2) is 11.5 Å². The van der Waals surface area contributed by atoms with E-state index < -0.39 is 10.0 Å². The van der Waals surface area contributed by atoms with Crippen molar-refractivity contribution >= 4 is 39.1 Å². The summed E-state index contributed by atoms with van der Waals surface area (Å²) in [4.78, 5) is 12.6. The fraction of sp³-hybridized carbons (Fsp3) is 0.381. The van der Waals surface area contributed by atoms with E-state index in [4.69, 9.17) is 32.7 Å². The maximum Gasteiger partial charge on any atom is 0.231 e. The van der Waals surface area contributed by atoms with E-state index in [0.29, 0.717) is 59.6 Å². The third-order valence-corrected chi connectivity index (χ3v) is 8.04. The summed E-state index contributed by atoms with van der Waals surface area (Å²) in [6.07, 6.45) is 0.959. The molecule has 2 aliphatic heterocycles. The number of carbonyl (C=O) groups excluding carboxylic acids is 1. The van der Waals surface area contributed by atoms with Gasteiger partial charge in [-0.1, -0.05) is 35.3 Å². The van der Waals surface area contributed by atoms with Crippen molar-refractivity contribution in [2.45, 2.75) is 25.1 Å². The molecule has 0 saturated carbocycles. The molecule has 166 valence electrons. The van der Waals surface area contributed by atoms with Crippen LogP contribution in [-0.4, -0.2) is 38.5 Å². The van der Waals surface area contributed by atoms with Gasteiger partial charge in [0, 0.05) is 25.6 Å². The number of fused-ring (bicyclic) bond motifs is 1. The van der Waals surface area contributed by atoms with Crippen LogP contribution in [0, 0.1) is 5.92 Å². The Hall–Kier alpha value is -2.00. The minimum Gasteiger partial charge on any atom is -0.454 e. The monoisotopic (exact) mass is 484 g/mol. The van der Waals surface area contributed by atoms with Crippen molar-refractivity contribution < 1.29 is 22.7 Å². The van der Waals surface area contributed by atoms with Crippen LogP contribution < -0.4 is 14.8 Å². The minimum atomic E-state index is -3.50. The van der Waals surface area contributed by atoms with Crippen LogP contribution in [0.1, 0.15) is 24.0 Å². The quantitative estimate of drug-likeness (QED) is 0.676. The number of nitrogens with one attached hydrogen (secondary N) is 1. The second-order valence-corrected chi connectivity index (χ2v) is 10.4. The number of nitrogens with zero attached hydrogens (tertiary/aromatic N) is 1. The number of hydrogen-bond acceptors (Lipinski definition) is 5. The number of piperidine rings is 1. The van der Waals surface area contributed by atoms with Crippen molar-refractivity contribution in [3.8, 4) is 11.5 Å². The summed E-state index contributed by atoms with van der Waals surface area (Å²) in [5.74, 6) is 0.937. The molecule has 2 heterocycles. The molecule has 2 aromatic rings. The highest BCUT2D eigenvalue weighted by Crippen LogP contribution is 2.32. The Bertz CT molecular complexity index is 1090. The number of halogens is 2. The van der Waals surface area contributed by atoms with E-state index in [1.54, 1.807) is 18.2 Å². The lowest BCUT2D eigenvalue weighted by atomic mass is 9.97. The van der Waals surface area contributed by atoms with Crippen LogP contribution in [0.2, 0.25) is 10.0 Å². The van der Waals surface area contributed by atoms with E-state index in [2.05, 4.69) is 5.32 Å². The first-order valence-corrected chi connectivity index (χ1v) is 12.3. The number of rotatable bonds is 6. The molecule has 4 rings (SSSR count). The lowest BCUT2D eigenvalue weighted by Gasteiger charge is -2.30. The number of ether oxygens (including phenoxy) is 2. The Morgan fingerprint density at radius 2 is 1.71 bits per heavy atom. The highest BCUT2D eigenvalue weighted by Gasteiger charge is 2.31. The summed E-state index contributed by atoms with van der Waals surface area (Å²) in [5, 5.41) is 3.65. The highest BCUT2D eigenvalue weighted by molar-refractivity contribution is 7.88. The Morgan fingerprint density at radius 1 is 1.00 bits per heavy atom. The van der Waals surface area contributed by atoms with Crippen molar-refractivity contribution in [2.24, 2.45) is 5.92 Å². The van der Waals surface area contributed by atoms with E-state index in [0.717, 1.165) is 5.56 Å². The molecule has 0 aliphatic carbocycles. The van der Waals surface area contributed by atoms with Crippen molar-refractivity contribution in [2.75, 3.05) is 19.9 Å². The Kier molecular flexibility index (Phi) is 6.62. The van der Waals surface area contributed by atoms with Crippen LogP contribution in [-0.2, 0) is 27.1 Å². The van der Waals surface area contributed by atoms with Gasteiger partial charge in [0.25, 0.3) is 0 Å². The van der Waals surface area contributed by atoms with Crippen molar-refractivity contribution in [3.63, 3.8) is 0 Å². The van der Waals surface area contributed by atoms with Crippen LogP contribution in [0.25, 0.3) is 0 Å². The van der Waals surface area contributed by atoms with Crippen molar-refractivity contribution in [1.82, 2.24) is 9.62 Å². The molecule has 10 heteroatoms. The molecule has 0 atom stereocenters. The van der Waals surface area contributed by atoms with Gasteiger partial charge in [-0.05, 0) is 48.2 Å². The predicted octanol–water partition coefficient (Wildman–Crippen LogP) is 3.58. The van der Waals surface area contributed by atoms with Crippen molar-refractivity contribution in [3.05, 3.63) is 57.6 Å². The first kappa shape index (κ1) is 22.2. The van der Waals surface area contributed by atoms with Crippen LogP contribution in [0.15, 0.2) is 36.4 Å². The number of sulfonamides is 1. The third kappa shape index (κ3) is 5.26. The van der Waals surface area contributed by atoms with Crippen LogP contribution in [0.5, 0.6) is 11.5 Å². The number of carbonyl (C=O) groups is 1. The zero-order chi connectivity index (χ0) is 22.0. The molecule has 1 amide bonds. The van der Waals surface area contributed by atoms with E-state index in [-0.39, 0.29) is 24.4 Å². The summed E-state index contributed by atoms with van der Waals surface area (Å²) < 4.78 is 37.6. The normalized spacial score (nSPS) is 17.0. The summed E-state index contributed by atoms with van der Waals surface area (Å²) in [6.45, 7) is 1.21. The minimum absolute atomic E-state index is 0.0702. The van der Waals surface area contributed by atoms with Crippen LogP contribution >= 0.6 is 23.2 Å². The van der Waals surface area contributed by atoms with Gasteiger partial charge in [0.1, 0.15) is 0 Å². The molecule has 0 aromatic heterocycles. The van der Waals surface area contributed by atoms with Gasteiger partial charge < -0.3 is 14.8 Å². The van der Waals surface area contributed by atoms with Gasteiger partial charge in [0.2, 0.25) is 22.7 Å². The Morgan fingerprint density at radius 3 is 2.45 bits per heavy atom. The number of benzene rings is 2. The third-order valence-electron chi connectivity index (χ3n) is 5.45. The van der Waals surface area contributed by atoms with Gasteiger partial charge in [-0.3, -0.25) is 4.79 Å². The summed E-state index contributed by atoms with van der Waals surface area (Å²) in [7, 11) is -3.50. The largest absolute Gasteiger partial charge is 0.454 e. The first-order chi connectivity index (χ1) is 14.8. The summed E-state index contributed by atoms with van der Waals surface area (Å²) >= 11 is 11.9. The van der Waals surface area contributed by atoms with Gasteiger partial charge in [0.05, 0.1) is 15.8 Å². The molecule has 0 bridgehead atoms. The molecule has 0 unspecified atom stereocenters. The van der Waals surface area contributed by atoms with Gasteiger partial charge >= 0.3 is 0 Å². The average molecular weight is 485 g/mol. The lowest BCUT2D eigenvalue weighted by molar-refractivity contribution is -0.126. The molecular formula is C21H22Cl2N2O5S. The zero-order valence-electron chi connectivity index (χ0n) is 16.6. The predicted molar refractivity (Wildman–Crippen MR) is 118 cm³/mol. The van der Waals surface area contributed by atoms with Gasteiger partial charge in [-0.2, -0.15) is 0 Å². The standard InChI is InChI=1S/C21H22Cl2N2O5S/c22-17-3-1-15(9-18(17)23)12-31(27,28)25-7-5-16(6-8-25)21(26)24-11-14-2-4-19-20(10-14)30-13-29-19/h1-4,9-10,16H,5-8,11-13H2,(H,24,26). The maximum absolute atomic E-state index is 12.8. The average Bonchev–Trinajstić information content (AvgIpc) is 3.22. The molecule has 2 aliphatic rings. The topological polar surface area (TPSA) is 84.9 Å². The molecule has 0 spiro atoms. The van der Waals surface area contributed by atoms with E-state index in [1.807, 2.05) is 18.2 Å². The molecule has 7 nitrogen and oxygen atoms in total. The Labute approximate surface area is 191 Å². The van der Waals surface area contributed by atoms with Gasteiger partial charge in [-0.15, -0.1) is 0 Å². The molecule has 0 radical (unpaired) electrons. The first-order valence-electron chi connectivity index (χ1n) is 9.90. The lowest BCUT2D eigenvalue weighted by Crippen LogP contribution is -2.43. The molecule has 1 fully saturated rings. The zero-order valence-corrected chi connectivity index (χ0v) is 19.0. The second kappa shape index (κ2) is 9.24. The molecule has 1 N–H and O–H groups in total. The van der Waals surface area contributed by atoms with Crippen LogP contribution in [0.4, 0.5) is 0 Å². The Balaban J connectivity index is 1.28. The number of amides is 1. The van der Waals surface area contributed by atoms with E-state index in [1.165, 1.54) is 4.31 Å². The molecule has 1 saturated heterocycles. The maximum atomic E-state index is 12.8. The van der Waals surface area contributed by atoms with Gasteiger partial charge in [-0.25, -0.2) is 12.7 Å². The van der Waals surface area contributed by atoms with E-state index >= 15 is 0 Å². The fourth-order valence-electron chi connectivity index (χ4n) is 3.71. The smallest absolute Gasteiger partial charge is 0.231 e. The van der Waals surface area contributed by atoms with Crippen molar-refractivity contribution in [1.29, 1.82) is 0 Å². The summed E-state index contributed by atoms with van der Waals surface area (Å²) in [5.41, 5.74) is 1.50. The van der Waals surface area contributed by atoms with E-state index in [9.17, 15) is 13.2 Å². The SMILES string of the molecule is O=C(NCc1ccc2c(c1)OCO2)C1CCN(S(=O)(=O)Cc2ccc(Cl)c(Cl)c2)CC1. The second-order valence-electron chi connectivity index (χ2n) is 7.58. The fourth-order valence-corrected chi connectivity index (χ4v) is 5.58. The number of hydrogen-bond donors (Lipinski definition) is 1. The molecule has 31 heavy (non-hydrogen) atoms. The summed E-state index contributed by atoms with van der Waals surface area (Å²) in [6, 6.07) is 10.4. The molecule has 2 aromatic carbocycles. The molecular weight excluding hydrogens is 463 g/mol. The van der Waals surface area contributed by atoms with Crippen LogP contribution in [0.3, 0.4) is 0 Å². The highest BCUT2D eigenvalue weighted by atomic mass is 35.5.